The largest absolute Gasteiger partial charge is 0.301 e. The summed E-state index contributed by atoms with van der Waals surface area (Å²) in [5.41, 5.74) is -0.0450. The van der Waals surface area contributed by atoms with Gasteiger partial charge < -0.3 is 4.57 Å². The van der Waals surface area contributed by atoms with Crippen LogP contribution in [0.1, 0.15) is 0 Å². The number of halogens is 3. The Morgan fingerprint density at radius 1 is 1.23 bits per heavy atom. The van der Waals surface area contributed by atoms with E-state index in [0.717, 1.165) is 10.6 Å². The third kappa shape index (κ3) is 0.998. The summed E-state index contributed by atoms with van der Waals surface area (Å²) in [6.07, 6.45) is -0.834. The maximum atomic E-state index is 13.1. The highest BCUT2D eigenvalue weighted by Crippen LogP contribution is 2.19. The molecule has 2 nitrogen and oxygen atoms in total. The van der Waals surface area contributed by atoms with Crippen LogP contribution in [0.15, 0.2) is 12.1 Å². The summed E-state index contributed by atoms with van der Waals surface area (Å²) in [5, 5.41) is 0. The van der Waals surface area contributed by atoms with E-state index in [0.29, 0.717) is 0 Å². The minimum Gasteiger partial charge on any atom is -0.301 e. The molecule has 0 spiro atoms. The lowest BCUT2D eigenvalue weighted by Gasteiger charge is -1.96. The van der Waals surface area contributed by atoms with E-state index in [1.54, 1.807) is 0 Å². The lowest BCUT2D eigenvalue weighted by Crippen LogP contribution is -1.95. The van der Waals surface area contributed by atoms with Gasteiger partial charge in [-0.1, -0.05) is 0 Å². The van der Waals surface area contributed by atoms with Gasteiger partial charge in [0.05, 0.1) is 5.52 Å². The molecule has 5 heteroatoms. The molecule has 0 saturated heterocycles. The quantitative estimate of drug-likeness (QED) is 0.615. The van der Waals surface area contributed by atoms with Crippen molar-refractivity contribution in [3.05, 3.63) is 29.8 Å². The summed E-state index contributed by atoms with van der Waals surface area (Å²) in [5.74, 6) is -2.08. The molecule has 0 N–H and O–H groups in total. The summed E-state index contributed by atoms with van der Waals surface area (Å²) in [6.45, 7) is 0. The van der Waals surface area contributed by atoms with Crippen molar-refractivity contribution in [2.24, 2.45) is 7.05 Å². The fourth-order valence-corrected chi connectivity index (χ4v) is 1.21. The first-order valence-corrected chi connectivity index (χ1v) is 3.57. The Morgan fingerprint density at radius 3 is 2.62 bits per heavy atom. The van der Waals surface area contributed by atoms with Crippen molar-refractivity contribution in [3.8, 4) is 0 Å². The van der Waals surface area contributed by atoms with Crippen molar-refractivity contribution in [3.63, 3.8) is 0 Å². The average Bonchev–Trinajstić information content (AvgIpc) is 2.37. The first-order chi connectivity index (χ1) is 6.11. The summed E-state index contributed by atoms with van der Waals surface area (Å²) >= 11 is 0. The monoisotopic (exact) mass is 186 g/mol. The predicted octanol–water partition coefficient (Wildman–Crippen LogP) is 1.99. The lowest BCUT2D eigenvalue weighted by molar-refractivity contribution is 0.492. The zero-order chi connectivity index (χ0) is 9.59. The molecule has 0 fully saturated rings. The van der Waals surface area contributed by atoms with Gasteiger partial charge in [-0.15, -0.1) is 0 Å². The van der Waals surface area contributed by atoms with Gasteiger partial charge in [0.25, 0.3) is 6.08 Å². The summed E-state index contributed by atoms with van der Waals surface area (Å²) in [7, 11) is 1.28. The van der Waals surface area contributed by atoms with E-state index in [4.69, 9.17) is 0 Å². The van der Waals surface area contributed by atoms with E-state index in [2.05, 4.69) is 4.98 Å². The van der Waals surface area contributed by atoms with Crippen molar-refractivity contribution in [1.82, 2.24) is 9.55 Å². The second-order valence-electron chi connectivity index (χ2n) is 2.67. The Hall–Kier alpha value is -1.52. The highest BCUT2D eigenvalue weighted by molar-refractivity contribution is 5.76. The topological polar surface area (TPSA) is 17.8 Å². The number of hydrogen-bond acceptors (Lipinski definition) is 1. The van der Waals surface area contributed by atoms with Gasteiger partial charge in [0, 0.05) is 7.05 Å². The Morgan fingerprint density at radius 2 is 1.92 bits per heavy atom. The first kappa shape index (κ1) is 8.10. The Balaban J connectivity index is 2.97. The molecule has 13 heavy (non-hydrogen) atoms. The highest BCUT2D eigenvalue weighted by Gasteiger charge is 2.14. The van der Waals surface area contributed by atoms with E-state index in [9.17, 15) is 13.2 Å². The molecule has 0 unspecified atom stereocenters. The second-order valence-corrected chi connectivity index (χ2v) is 2.67. The maximum Gasteiger partial charge on any atom is 0.290 e. The van der Waals surface area contributed by atoms with Gasteiger partial charge in [0.15, 0.2) is 11.6 Å². The number of nitrogens with zero attached hydrogens (tertiary/aromatic N) is 2. The fourth-order valence-electron chi connectivity index (χ4n) is 1.21. The highest BCUT2D eigenvalue weighted by atomic mass is 19.2. The molecular formula is C8H5F3N2. The van der Waals surface area contributed by atoms with E-state index in [-0.39, 0.29) is 11.0 Å². The molecule has 1 aromatic carbocycles. The minimum absolute atomic E-state index is 0.110. The smallest absolute Gasteiger partial charge is 0.290 e. The van der Waals surface area contributed by atoms with Crippen molar-refractivity contribution < 1.29 is 13.2 Å². The molecule has 2 rings (SSSR count). The van der Waals surface area contributed by atoms with Crippen LogP contribution in [0.4, 0.5) is 13.2 Å². The van der Waals surface area contributed by atoms with E-state index < -0.39 is 17.7 Å². The molecule has 0 aliphatic carbocycles. The molecule has 0 aliphatic rings. The first-order valence-electron chi connectivity index (χ1n) is 3.57. The van der Waals surface area contributed by atoms with E-state index in [1.165, 1.54) is 13.1 Å². The van der Waals surface area contributed by atoms with Crippen LogP contribution in [0.2, 0.25) is 0 Å². The molecule has 0 radical (unpaired) electrons. The molecule has 1 aromatic heterocycles. The van der Waals surface area contributed by atoms with Crippen molar-refractivity contribution in [2.45, 2.75) is 0 Å². The molecular weight excluding hydrogens is 181 g/mol. The number of hydrogen-bond donors (Lipinski definition) is 0. The summed E-state index contributed by atoms with van der Waals surface area (Å²) in [6, 6.07) is 2.15. The third-order valence-electron chi connectivity index (χ3n) is 1.87. The van der Waals surface area contributed by atoms with Gasteiger partial charge in [0.1, 0.15) is 5.52 Å². The molecule has 1 heterocycles. The number of imidazole rings is 1. The van der Waals surface area contributed by atoms with Crippen LogP contribution in [0.3, 0.4) is 0 Å². The number of aryl methyl sites for hydroxylation is 1. The Labute approximate surface area is 71.6 Å². The van der Waals surface area contributed by atoms with Crippen LogP contribution < -0.4 is 0 Å². The standard InChI is InChI=1S/C8H5F3N2/c1-13-7-5(12-8(13)11)3-2-4(9)6(7)10/h2-3H,1H3. The van der Waals surface area contributed by atoms with Gasteiger partial charge in [-0.25, -0.2) is 13.8 Å². The maximum absolute atomic E-state index is 13.1. The van der Waals surface area contributed by atoms with Gasteiger partial charge in [-0.3, -0.25) is 0 Å². The van der Waals surface area contributed by atoms with Gasteiger partial charge in [0.2, 0.25) is 0 Å². The number of benzene rings is 1. The van der Waals surface area contributed by atoms with Crippen LogP contribution in [-0.2, 0) is 7.05 Å². The van der Waals surface area contributed by atoms with Gasteiger partial charge in [-0.05, 0) is 12.1 Å². The summed E-state index contributed by atoms with van der Waals surface area (Å²) < 4.78 is 39.4. The number of fused-ring (bicyclic) bond motifs is 1. The SMILES string of the molecule is Cn1c(F)nc2ccc(F)c(F)c21. The average molecular weight is 186 g/mol. The molecule has 0 atom stereocenters. The zero-order valence-electron chi connectivity index (χ0n) is 6.68. The molecule has 2 aromatic rings. The predicted molar refractivity (Wildman–Crippen MR) is 40.6 cm³/mol. The normalized spacial score (nSPS) is 11.1. The molecule has 0 amide bonds. The summed E-state index contributed by atoms with van der Waals surface area (Å²) in [4.78, 5) is 3.40. The third-order valence-corrected chi connectivity index (χ3v) is 1.87. The zero-order valence-corrected chi connectivity index (χ0v) is 6.68. The molecule has 0 saturated carbocycles. The van der Waals surface area contributed by atoms with Crippen LogP contribution in [-0.4, -0.2) is 9.55 Å². The molecule has 0 bridgehead atoms. The van der Waals surface area contributed by atoms with Crippen molar-refractivity contribution in [2.75, 3.05) is 0 Å². The van der Waals surface area contributed by atoms with Gasteiger partial charge >= 0.3 is 0 Å². The fraction of sp³-hybridized carbons (Fsp3) is 0.125. The van der Waals surface area contributed by atoms with E-state index in [1.807, 2.05) is 0 Å². The Kier molecular flexibility index (Phi) is 1.55. The van der Waals surface area contributed by atoms with Crippen molar-refractivity contribution in [1.29, 1.82) is 0 Å². The second kappa shape index (κ2) is 2.48. The lowest BCUT2D eigenvalue weighted by atomic mass is 10.3. The molecule has 0 aliphatic heterocycles. The number of aromatic nitrogens is 2. The van der Waals surface area contributed by atoms with Crippen LogP contribution >= 0.6 is 0 Å². The van der Waals surface area contributed by atoms with Crippen molar-refractivity contribution >= 4 is 11.0 Å². The van der Waals surface area contributed by atoms with Crippen LogP contribution in [0.5, 0.6) is 0 Å². The number of rotatable bonds is 0. The Bertz CT molecular complexity index is 476. The molecule has 68 valence electrons. The van der Waals surface area contributed by atoms with E-state index >= 15 is 0 Å². The van der Waals surface area contributed by atoms with Crippen LogP contribution in [0, 0.1) is 17.7 Å². The minimum atomic E-state index is -1.07. The van der Waals surface area contributed by atoms with Gasteiger partial charge in [-0.2, -0.15) is 4.39 Å². The van der Waals surface area contributed by atoms with Crippen LogP contribution in [0.25, 0.3) is 11.0 Å².